The molecule has 0 aliphatic rings. The predicted octanol–water partition coefficient (Wildman–Crippen LogP) is 2.31. The molecule has 20 heavy (non-hydrogen) atoms. The number of nitro groups is 1. The minimum Gasteiger partial charge on any atom is -0.370 e. The summed E-state index contributed by atoms with van der Waals surface area (Å²) in [4.78, 5) is 14.3. The molecule has 0 saturated heterocycles. The zero-order valence-electron chi connectivity index (χ0n) is 11.5. The molecule has 0 saturated carbocycles. The van der Waals surface area contributed by atoms with Gasteiger partial charge in [0.15, 0.2) is 0 Å². The molecular weight excluding hydrogens is 258 g/mol. The van der Waals surface area contributed by atoms with E-state index in [1.54, 1.807) is 0 Å². The summed E-state index contributed by atoms with van der Waals surface area (Å²) in [5.74, 6) is 0.521. The monoisotopic (exact) mass is 275 g/mol. The van der Waals surface area contributed by atoms with Crippen LogP contribution < -0.4 is 5.32 Å². The highest BCUT2D eigenvalue weighted by atomic mass is 16.6. The highest BCUT2D eigenvalue weighted by Crippen LogP contribution is 2.14. The number of aryl methyl sites for hydroxylation is 3. The predicted molar refractivity (Wildman–Crippen MR) is 75.7 cm³/mol. The van der Waals surface area contributed by atoms with Crippen molar-refractivity contribution in [3.8, 4) is 0 Å². The minimum absolute atomic E-state index is 0.0426. The molecule has 7 heteroatoms. The van der Waals surface area contributed by atoms with Crippen LogP contribution in [-0.4, -0.2) is 26.2 Å². The molecule has 0 radical (unpaired) electrons. The van der Waals surface area contributed by atoms with Gasteiger partial charge in [-0.1, -0.05) is 0 Å². The van der Waals surface area contributed by atoms with Crippen LogP contribution in [0, 0.1) is 24.0 Å². The average molecular weight is 275 g/mol. The van der Waals surface area contributed by atoms with Crippen molar-refractivity contribution in [2.24, 2.45) is 0 Å². The molecule has 0 aromatic carbocycles. The van der Waals surface area contributed by atoms with Crippen LogP contribution in [0.5, 0.6) is 0 Å². The zero-order valence-corrected chi connectivity index (χ0v) is 11.5. The molecule has 0 spiro atoms. The number of anilines is 1. The third kappa shape index (κ3) is 3.53. The molecule has 106 valence electrons. The number of hydrogen-bond acceptors (Lipinski definition) is 5. The van der Waals surface area contributed by atoms with Crippen molar-refractivity contribution in [2.45, 2.75) is 26.8 Å². The van der Waals surface area contributed by atoms with Crippen molar-refractivity contribution >= 4 is 11.5 Å². The van der Waals surface area contributed by atoms with Gasteiger partial charge in [-0.3, -0.25) is 14.8 Å². The van der Waals surface area contributed by atoms with Crippen LogP contribution in [0.2, 0.25) is 0 Å². The van der Waals surface area contributed by atoms with Crippen molar-refractivity contribution in [2.75, 3.05) is 11.9 Å². The van der Waals surface area contributed by atoms with Crippen LogP contribution in [0.3, 0.4) is 0 Å². The Labute approximate surface area is 116 Å². The summed E-state index contributed by atoms with van der Waals surface area (Å²) in [5, 5.41) is 18.1. The van der Waals surface area contributed by atoms with E-state index >= 15 is 0 Å². The second kappa shape index (κ2) is 6.14. The van der Waals surface area contributed by atoms with Crippen LogP contribution in [0.25, 0.3) is 0 Å². The van der Waals surface area contributed by atoms with Crippen LogP contribution in [0.4, 0.5) is 11.5 Å². The van der Waals surface area contributed by atoms with E-state index in [1.807, 2.05) is 24.6 Å². The molecule has 7 nitrogen and oxygen atoms in total. The smallest absolute Gasteiger partial charge is 0.274 e. The van der Waals surface area contributed by atoms with Gasteiger partial charge in [0.1, 0.15) is 5.82 Å². The fourth-order valence-electron chi connectivity index (χ4n) is 1.98. The normalized spacial score (nSPS) is 10.5. The van der Waals surface area contributed by atoms with Crippen molar-refractivity contribution in [1.29, 1.82) is 0 Å². The number of hydrogen-bond donors (Lipinski definition) is 1. The highest BCUT2D eigenvalue weighted by Gasteiger charge is 2.06. The Morgan fingerprint density at radius 3 is 2.85 bits per heavy atom. The Kier molecular flexibility index (Phi) is 4.29. The second-order valence-corrected chi connectivity index (χ2v) is 4.59. The standard InChI is InChI=1S/C13H17N5O2/c1-10-8-11(2)17(16-10)7-3-5-14-13-9-12(18(19)20)4-6-15-13/h4,6,8-9H,3,5,7H2,1-2H3,(H,14,15). The lowest BCUT2D eigenvalue weighted by Gasteiger charge is -2.06. The summed E-state index contributed by atoms with van der Waals surface area (Å²) in [5.41, 5.74) is 2.19. The third-order valence-corrected chi connectivity index (χ3v) is 2.91. The summed E-state index contributed by atoms with van der Waals surface area (Å²) in [6, 6.07) is 4.85. The molecule has 2 aromatic heterocycles. The van der Waals surface area contributed by atoms with Gasteiger partial charge in [0.2, 0.25) is 0 Å². The molecule has 0 fully saturated rings. The van der Waals surface area contributed by atoms with Gasteiger partial charge < -0.3 is 5.32 Å². The maximum atomic E-state index is 10.6. The molecule has 0 atom stereocenters. The van der Waals surface area contributed by atoms with E-state index in [2.05, 4.69) is 15.4 Å². The van der Waals surface area contributed by atoms with Crippen molar-refractivity contribution in [3.63, 3.8) is 0 Å². The third-order valence-electron chi connectivity index (χ3n) is 2.91. The molecule has 2 rings (SSSR count). The largest absolute Gasteiger partial charge is 0.370 e. The topological polar surface area (TPSA) is 85.9 Å². The minimum atomic E-state index is -0.428. The molecule has 0 bridgehead atoms. The van der Waals surface area contributed by atoms with Crippen molar-refractivity contribution in [1.82, 2.24) is 14.8 Å². The summed E-state index contributed by atoms with van der Waals surface area (Å²) in [6.07, 6.45) is 2.30. The molecule has 2 heterocycles. The van der Waals surface area contributed by atoms with Gasteiger partial charge in [0.25, 0.3) is 5.69 Å². The van der Waals surface area contributed by atoms with Gasteiger partial charge in [0.05, 0.1) is 16.7 Å². The van der Waals surface area contributed by atoms with Crippen LogP contribution in [-0.2, 0) is 6.54 Å². The first kappa shape index (κ1) is 14.0. The van der Waals surface area contributed by atoms with Crippen LogP contribution >= 0.6 is 0 Å². The Bertz CT molecular complexity index is 609. The van der Waals surface area contributed by atoms with Crippen LogP contribution in [0.15, 0.2) is 24.4 Å². The van der Waals surface area contributed by atoms with Gasteiger partial charge in [0, 0.05) is 31.0 Å². The maximum absolute atomic E-state index is 10.6. The van der Waals surface area contributed by atoms with Crippen LogP contribution in [0.1, 0.15) is 17.8 Å². The van der Waals surface area contributed by atoms with E-state index < -0.39 is 4.92 Å². The molecule has 2 aromatic rings. The lowest BCUT2D eigenvalue weighted by Crippen LogP contribution is -2.09. The molecule has 0 aliphatic carbocycles. The fourth-order valence-corrected chi connectivity index (χ4v) is 1.98. The highest BCUT2D eigenvalue weighted by molar-refractivity contribution is 5.43. The van der Waals surface area contributed by atoms with E-state index in [1.165, 1.54) is 18.3 Å². The quantitative estimate of drug-likeness (QED) is 0.496. The molecule has 0 amide bonds. The Balaban J connectivity index is 1.83. The maximum Gasteiger partial charge on any atom is 0.274 e. The Hall–Kier alpha value is -2.44. The SMILES string of the molecule is Cc1cc(C)n(CCCNc2cc([N+](=O)[O-])ccn2)n1. The zero-order chi connectivity index (χ0) is 14.5. The van der Waals surface area contributed by atoms with E-state index in [-0.39, 0.29) is 5.69 Å². The Morgan fingerprint density at radius 2 is 2.20 bits per heavy atom. The fraction of sp³-hybridized carbons (Fsp3) is 0.385. The number of rotatable bonds is 6. The number of pyridine rings is 1. The van der Waals surface area contributed by atoms with Gasteiger partial charge in [-0.05, 0) is 26.3 Å². The first-order valence-corrected chi connectivity index (χ1v) is 6.41. The first-order valence-electron chi connectivity index (χ1n) is 6.41. The molecular formula is C13H17N5O2. The molecule has 1 N–H and O–H groups in total. The summed E-state index contributed by atoms with van der Waals surface area (Å²) < 4.78 is 1.96. The molecule has 0 aliphatic heterocycles. The second-order valence-electron chi connectivity index (χ2n) is 4.59. The van der Waals surface area contributed by atoms with Crippen molar-refractivity contribution in [3.05, 3.63) is 45.9 Å². The average Bonchev–Trinajstić information content (AvgIpc) is 2.73. The summed E-state index contributed by atoms with van der Waals surface area (Å²) >= 11 is 0. The first-order chi connectivity index (χ1) is 9.56. The van der Waals surface area contributed by atoms with Gasteiger partial charge in [-0.25, -0.2) is 4.98 Å². The van der Waals surface area contributed by atoms with Gasteiger partial charge in [-0.15, -0.1) is 0 Å². The number of nitrogens with zero attached hydrogens (tertiary/aromatic N) is 4. The molecule has 0 unspecified atom stereocenters. The Morgan fingerprint density at radius 1 is 1.40 bits per heavy atom. The van der Waals surface area contributed by atoms with E-state index in [0.717, 1.165) is 24.4 Å². The summed E-state index contributed by atoms with van der Waals surface area (Å²) in [7, 11) is 0. The lowest BCUT2D eigenvalue weighted by molar-refractivity contribution is -0.384. The summed E-state index contributed by atoms with van der Waals surface area (Å²) in [6.45, 7) is 5.48. The number of aromatic nitrogens is 3. The van der Waals surface area contributed by atoms with E-state index in [4.69, 9.17) is 0 Å². The van der Waals surface area contributed by atoms with E-state index in [9.17, 15) is 10.1 Å². The lowest BCUT2D eigenvalue weighted by atomic mass is 10.3. The van der Waals surface area contributed by atoms with E-state index in [0.29, 0.717) is 12.4 Å². The number of nitrogens with one attached hydrogen (secondary N) is 1. The van der Waals surface area contributed by atoms with Gasteiger partial charge >= 0.3 is 0 Å². The van der Waals surface area contributed by atoms with Crippen molar-refractivity contribution < 1.29 is 4.92 Å². The van der Waals surface area contributed by atoms with Gasteiger partial charge in [-0.2, -0.15) is 5.10 Å².